The average molecular weight is 426 g/mol. The van der Waals surface area contributed by atoms with Gasteiger partial charge in [0, 0.05) is 18.0 Å². The first-order chi connectivity index (χ1) is 14.0. The summed E-state index contributed by atoms with van der Waals surface area (Å²) in [6.07, 6.45) is 0. The van der Waals surface area contributed by atoms with Crippen molar-refractivity contribution in [3.8, 4) is 5.75 Å². The Morgan fingerprint density at radius 2 is 1.67 bits per heavy atom. The molecule has 0 unspecified atom stereocenters. The van der Waals surface area contributed by atoms with Crippen molar-refractivity contribution in [1.29, 1.82) is 0 Å². The van der Waals surface area contributed by atoms with Gasteiger partial charge in [0.25, 0.3) is 11.5 Å². The number of aromatic nitrogens is 2. The Balaban J connectivity index is 0.00000256. The monoisotopic (exact) mass is 425 g/mol. The van der Waals surface area contributed by atoms with E-state index in [0.29, 0.717) is 16.6 Å². The van der Waals surface area contributed by atoms with Crippen molar-refractivity contribution in [3.05, 3.63) is 76.2 Å². The van der Waals surface area contributed by atoms with Crippen LogP contribution < -0.4 is 16.0 Å². The van der Waals surface area contributed by atoms with Crippen LogP contribution in [0.3, 0.4) is 0 Å². The van der Waals surface area contributed by atoms with Gasteiger partial charge in [-0.3, -0.25) is 19.0 Å². The topological polar surface area (TPSA) is 96.3 Å². The number of ketones is 1. The summed E-state index contributed by atoms with van der Waals surface area (Å²) in [5.41, 5.74) is 6.88. The predicted molar refractivity (Wildman–Crippen MR) is 118 cm³/mol. The van der Waals surface area contributed by atoms with E-state index in [1.54, 1.807) is 48.0 Å². The van der Waals surface area contributed by atoms with Crippen LogP contribution in [0, 0.1) is 0 Å². The Morgan fingerprint density at radius 1 is 1.03 bits per heavy atom. The van der Waals surface area contributed by atoms with Crippen LogP contribution in [0.1, 0.15) is 20.8 Å². The molecule has 2 N–H and O–H groups in total. The number of primary amides is 1. The van der Waals surface area contributed by atoms with Gasteiger partial charge in [0.1, 0.15) is 11.1 Å². The Bertz CT molecular complexity index is 1340. The SMILES string of the molecule is COc1c(C(N)=O)n(C)c2c1c(=O)n(CC(=O)c1ccccc1)c1ccccc21.Cl. The van der Waals surface area contributed by atoms with Crippen molar-refractivity contribution in [1.82, 2.24) is 9.13 Å². The van der Waals surface area contributed by atoms with E-state index in [4.69, 9.17) is 10.5 Å². The number of nitrogens with zero attached hydrogens (tertiary/aromatic N) is 2. The molecule has 0 spiro atoms. The van der Waals surface area contributed by atoms with Gasteiger partial charge in [-0.05, 0) is 6.07 Å². The molecule has 7 nitrogen and oxygen atoms in total. The van der Waals surface area contributed by atoms with Crippen molar-refractivity contribution < 1.29 is 14.3 Å². The number of aryl methyl sites for hydroxylation is 1. The van der Waals surface area contributed by atoms with Crippen molar-refractivity contribution in [2.24, 2.45) is 12.8 Å². The summed E-state index contributed by atoms with van der Waals surface area (Å²) in [5, 5.41) is 0.944. The standard InChI is InChI=1S/C22H19N3O4.ClH/c1-24-18-14-10-6-7-11-15(14)25(12-16(26)13-8-4-3-5-9-13)22(28)17(18)20(29-2)19(24)21(23)27;/h3-11H,12H2,1-2H3,(H2,23,27);1H. The van der Waals surface area contributed by atoms with Crippen molar-refractivity contribution >= 4 is 45.9 Å². The maximum Gasteiger partial charge on any atom is 0.269 e. The number of carbonyl (C=O) groups excluding carboxylic acids is 2. The molecule has 4 aromatic rings. The average Bonchev–Trinajstić information content (AvgIpc) is 3.04. The number of benzene rings is 2. The first-order valence-corrected chi connectivity index (χ1v) is 9.01. The van der Waals surface area contributed by atoms with Gasteiger partial charge < -0.3 is 15.0 Å². The molecule has 2 aromatic carbocycles. The summed E-state index contributed by atoms with van der Waals surface area (Å²) in [7, 11) is 3.05. The molecule has 154 valence electrons. The van der Waals surface area contributed by atoms with E-state index in [2.05, 4.69) is 0 Å². The Hall–Kier alpha value is -3.58. The molecule has 0 aliphatic heterocycles. The minimum atomic E-state index is -0.698. The maximum absolute atomic E-state index is 13.4. The van der Waals surface area contributed by atoms with Gasteiger partial charge in [0.15, 0.2) is 11.5 Å². The van der Waals surface area contributed by atoms with Crippen LogP contribution in [0.25, 0.3) is 21.8 Å². The van der Waals surface area contributed by atoms with Crippen LogP contribution in [0.15, 0.2) is 59.4 Å². The number of fused-ring (bicyclic) bond motifs is 3. The molecule has 4 rings (SSSR count). The second kappa shape index (κ2) is 8.04. The van der Waals surface area contributed by atoms with Gasteiger partial charge in [0.05, 0.1) is 24.7 Å². The third-order valence-corrected chi connectivity index (χ3v) is 5.09. The largest absolute Gasteiger partial charge is 0.493 e. The Kier molecular flexibility index (Phi) is 5.67. The first kappa shape index (κ1) is 21.1. The molecule has 8 heteroatoms. The highest BCUT2D eigenvalue weighted by Crippen LogP contribution is 2.34. The lowest BCUT2D eigenvalue weighted by atomic mass is 10.1. The fourth-order valence-corrected chi connectivity index (χ4v) is 3.82. The van der Waals surface area contributed by atoms with Gasteiger partial charge in [-0.2, -0.15) is 0 Å². The lowest BCUT2D eigenvalue weighted by molar-refractivity contribution is 0.0969. The van der Waals surface area contributed by atoms with E-state index in [9.17, 15) is 14.4 Å². The number of amides is 1. The Morgan fingerprint density at radius 3 is 2.30 bits per heavy atom. The van der Waals surface area contributed by atoms with Gasteiger partial charge in [-0.25, -0.2) is 0 Å². The second-order valence-corrected chi connectivity index (χ2v) is 6.73. The number of hydrogen-bond donors (Lipinski definition) is 1. The molecule has 2 heterocycles. The van der Waals surface area contributed by atoms with E-state index < -0.39 is 11.5 Å². The number of nitrogens with two attached hydrogens (primary N) is 1. The number of methoxy groups -OCH3 is 1. The molecular weight excluding hydrogens is 406 g/mol. The summed E-state index contributed by atoms with van der Waals surface area (Å²) < 4.78 is 8.39. The summed E-state index contributed by atoms with van der Waals surface area (Å²) >= 11 is 0. The third-order valence-electron chi connectivity index (χ3n) is 5.09. The third kappa shape index (κ3) is 3.13. The highest BCUT2D eigenvalue weighted by molar-refractivity contribution is 6.12. The number of ether oxygens (including phenoxy) is 1. The summed E-state index contributed by atoms with van der Waals surface area (Å²) in [6, 6.07) is 16.0. The molecule has 0 saturated carbocycles. The molecule has 30 heavy (non-hydrogen) atoms. The zero-order valence-electron chi connectivity index (χ0n) is 16.4. The molecule has 0 aliphatic rings. The van der Waals surface area contributed by atoms with Crippen molar-refractivity contribution in [2.75, 3.05) is 7.11 Å². The van der Waals surface area contributed by atoms with Crippen LogP contribution >= 0.6 is 12.4 Å². The molecule has 0 fully saturated rings. The lowest BCUT2D eigenvalue weighted by Crippen LogP contribution is -2.25. The maximum atomic E-state index is 13.4. The molecule has 0 atom stereocenters. The molecule has 0 radical (unpaired) electrons. The van der Waals surface area contributed by atoms with Crippen LogP contribution in [-0.2, 0) is 13.6 Å². The lowest BCUT2D eigenvalue weighted by Gasteiger charge is -2.12. The quantitative estimate of drug-likeness (QED) is 0.497. The van der Waals surface area contributed by atoms with Gasteiger partial charge in [-0.1, -0.05) is 48.5 Å². The predicted octanol–water partition coefficient (Wildman–Crippen LogP) is 2.91. The van der Waals surface area contributed by atoms with Crippen LogP contribution in [-0.4, -0.2) is 27.9 Å². The Labute approximate surface area is 178 Å². The van der Waals surface area contributed by atoms with Crippen molar-refractivity contribution in [3.63, 3.8) is 0 Å². The van der Waals surface area contributed by atoms with Crippen molar-refractivity contribution in [2.45, 2.75) is 6.54 Å². The number of para-hydroxylation sites is 1. The smallest absolute Gasteiger partial charge is 0.269 e. The number of hydrogen-bond acceptors (Lipinski definition) is 4. The van der Waals surface area contributed by atoms with Gasteiger partial charge in [-0.15, -0.1) is 12.4 Å². The number of rotatable bonds is 5. The molecule has 2 aromatic heterocycles. The summed E-state index contributed by atoms with van der Waals surface area (Å²) in [5.74, 6) is -0.773. The number of halogens is 1. The highest BCUT2D eigenvalue weighted by Gasteiger charge is 2.26. The molecule has 1 amide bonds. The number of carbonyl (C=O) groups is 2. The fraction of sp³-hybridized carbons (Fsp3) is 0.136. The van der Waals surface area contributed by atoms with E-state index in [1.807, 2.05) is 18.2 Å². The molecule has 0 saturated heterocycles. The fourth-order valence-electron chi connectivity index (χ4n) is 3.82. The molecule has 0 bridgehead atoms. The zero-order valence-corrected chi connectivity index (χ0v) is 17.2. The zero-order chi connectivity index (χ0) is 20.7. The van der Waals surface area contributed by atoms with Crippen LogP contribution in [0.2, 0.25) is 0 Å². The normalized spacial score (nSPS) is 10.7. The second-order valence-electron chi connectivity index (χ2n) is 6.73. The van der Waals surface area contributed by atoms with E-state index >= 15 is 0 Å². The minimum absolute atomic E-state index is 0. The van der Waals surface area contributed by atoms with E-state index in [-0.39, 0.29) is 41.6 Å². The molecule has 0 aliphatic carbocycles. The highest BCUT2D eigenvalue weighted by atomic mass is 35.5. The number of pyridine rings is 1. The number of Topliss-reactive ketones (excluding diaryl/α,β-unsaturated/α-hetero) is 1. The summed E-state index contributed by atoms with van der Waals surface area (Å²) in [4.78, 5) is 38.3. The van der Waals surface area contributed by atoms with E-state index in [0.717, 1.165) is 5.39 Å². The first-order valence-electron chi connectivity index (χ1n) is 9.01. The molecular formula is C22H20ClN3O4. The van der Waals surface area contributed by atoms with Gasteiger partial charge >= 0.3 is 0 Å². The van der Waals surface area contributed by atoms with E-state index in [1.165, 1.54) is 11.7 Å². The van der Waals surface area contributed by atoms with Crippen LogP contribution in [0.5, 0.6) is 5.75 Å². The van der Waals surface area contributed by atoms with Gasteiger partial charge in [0.2, 0.25) is 0 Å². The van der Waals surface area contributed by atoms with Crippen LogP contribution in [0.4, 0.5) is 0 Å². The minimum Gasteiger partial charge on any atom is -0.493 e. The summed E-state index contributed by atoms with van der Waals surface area (Å²) in [6.45, 7) is -0.136.